The van der Waals surface area contributed by atoms with Crippen molar-refractivity contribution in [1.82, 2.24) is 5.32 Å². The second-order valence-electron chi connectivity index (χ2n) is 3.62. The smallest absolute Gasteiger partial charge is 0.304 e. The number of alkyl halides is 4. The highest BCUT2D eigenvalue weighted by Crippen LogP contribution is 2.39. The van der Waals surface area contributed by atoms with Crippen molar-refractivity contribution < 1.29 is 17.6 Å². The molecule has 0 fully saturated rings. The van der Waals surface area contributed by atoms with Crippen molar-refractivity contribution in [2.45, 2.75) is 38.7 Å². The van der Waals surface area contributed by atoms with E-state index in [4.69, 9.17) is 0 Å². The first-order chi connectivity index (χ1) is 7.93. The number of thiophene rings is 1. The van der Waals surface area contributed by atoms with Crippen molar-refractivity contribution in [3.63, 3.8) is 0 Å². The van der Waals surface area contributed by atoms with E-state index >= 15 is 0 Å². The Kier molecular flexibility index (Phi) is 4.94. The fourth-order valence-electron chi connectivity index (χ4n) is 1.50. The minimum Gasteiger partial charge on any atom is -0.304 e. The highest BCUT2D eigenvalue weighted by molar-refractivity contribution is 7.12. The van der Waals surface area contributed by atoms with Gasteiger partial charge in [-0.05, 0) is 25.1 Å². The van der Waals surface area contributed by atoms with E-state index in [9.17, 15) is 17.6 Å². The van der Waals surface area contributed by atoms with Crippen molar-refractivity contribution in [3.8, 4) is 0 Å². The number of rotatable bonds is 6. The summed E-state index contributed by atoms with van der Waals surface area (Å²) in [4.78, 5) is 1.17. The van der Waals surface area contributed by atoms with Gasteiger partial charge in [0, 0.05) is 9.75 Å². The van der Waals surface area contributed by atoms with Gasteiger partial charge in [-0.15, -0.1) is 11.3 Å². The largest absolute Gasteiger partial charge is 0.327 e. The first kappa shape index (κ1) is 14.4. The molecule has 0 spiro atoms. The van der Waals surface area contributed by atoms with Crippen LogP contribution in [-0.4, -0.2) is 18.9 Å². The van der Waals surface area contributed by atoms with E-state index in [1.54, 1.807) is 13.0 Å². The van der Waals surface area contributed by atoms with Gasteiger partial charge in [0.2, 0.25) is 0 Å². The molecule has 1 rings (SSSR count). The number of hydrogen-bond acceptors (Lipinski definition) is 2. The Labute approximate surface area is 102 Å². The number of hydrogen-bond donors (Lipinski definition) is 1. The molecule has 17 heavy (non-hydrogen) atoms. The number of aryl methyl sites for hydroxylation is 1. The summed E-state index contributed by atoms with van der Waals surface area (Å²) in [5, 5.41) is 2.44. The Hall–Kier alpha value is -0.620. The summed E-state index contributed by atoms with van der Waals surface area (Å²) in [6.07, 6.45) is -2.96. The summed E-state index contributed by atoms with van der Waals surface area (Å²) in [5.74, 6) is -4.05. The first-order valence-electron chi connectivity index (χ1n) is 5.41. The zero-order valence-electron chi connectivity index (χ0n) is 9.64. The normalized spacial score (nSPS) is 14.3. The maximum absolute atomic E-state index is 13.4. The van der Waals surface area contributed by atoms with Crippen LogP contribution >= 0.6 is 11.3 Å². The van der Waals surface area contributed by atoms with Gasteiger partial charge in [-0.3, -0.25) is 0 Å². The van der Waals surface area contributed by atoms with Gasteiger partial charge >= 0.3 is 12.3 Å². The lowest BCUT2D eigenvalue weighted by atomic mass is 10.1. The summed E-state index contributed by atoms with van der Waals surface area (Å²) in [5.41, 5.74) is 0. The van der Waals surface area contributed by atoms with Crippen molar-refractivity contribution in [3.05, 3.63) is 21.9 Å². The molecule has 98 valence electrons. The molecule has 0 aliphatic rings. The van der Waals surface area contributed by atoms with Gasteiger partial charge in [-0.2, -0.15) is 8.78 Å². The molecule has 0 saturated carbocycles. The zero-order valence-corrected chi connectivity index (χ0v) is 10.5. The van der Waals surface area contributed by atoms with Crippen LogP contribution in [0.4, 0.5) is 17.6 Å². The maximum Gasteiger partial charge on any atom is 0.327 e. The van der Waals surface area contributed by atoms with Gasteiger partial charge < -0.3 is 5.32 Å². The molecule has 1 aromatic heterocycles. The molecule has 0 amide bonds. The van der Waals surface area contributed by atoms with Gasteiger partial charge in [-0.1, -0.05) is 13.8 Å². The van der Waals surface area contributed by atoms with Gasteiger partial charge in [0.1, 0.15) is 6.04 Å². The molecule has 6 heteroatoms. The fraction of sp³-hybridized carbons (Fsp3) is 0.636. The summed E-state index contributed by atoms with van der Waals surface area (Å²) in [6.45, 7) is 3.72. The van der Waals surface area contributed by atoms with Crippen LogP contribution in [0, 0.1) is 0 Å². The van der Waals surface area contributed by atoms with Gasteiger partial charge in [0.25, 0.3) is 0 Å². The Morgan fingerprint density at radius 2 is 1.94 bits per heavy atom. The molecule has 1 aromatic rings. The Morgan fingerprint density at radius 1 is 1.29 bits per heavy atom. The van der Waals surface area contributed by atoms with E-state index in [-0.39, 0.29) is 11.4 Å². The third-order valence-corrected chi connectivity index (χ3v) is 3.69. The van der Waals surface area contributed by atoms with E-state index in [0.717, 1.165) is 16.2 Å². The highest BCUT2D eigenvalue weighted by atomic mass is 32.1. The van der Waals surface area contributed by atoms with Gasteiger partial charge in [0.05, 0.1) is 0 Å². The first-order valence-corrected chi connectivity index (χ1v) is 6.23. The minimum atomic E-state index is -4.05. The quantitative estimate of drug-likeness (QED) is 0.773. The van der Waals surface area contributed by atoms with Crippen LogP contribution in [-0.2, 0) is 6.42 Å². The predicted octanol–water partition coefficient (Wildman–Crippen LogP) is 3.86. The lowest BCUT2D eigenvalue weighted by molar-refractivity contribution is -0.150. The summed E-state index contributed by atoms with van der Waals surface area (Å²) >= 11 is 1.15. The van der Waals surface area contributed by atoms with E-state index < -0.39 is 18.4 Å². The van der Waals surface area contributed by atoms with Gasteiger partial charge in [-0.25, -0.2) is 8.78 Å². The topological polar surface area (TPSA) is 12.0 Å². The fourth-order valence-corrected chi connectivity index (χ4v) is 2.57. The minimum absolute atomic E-state index is 0.215. The van der Waals surface area contributed by atoms with Crippen LogP contribution in [0.5, 0.6) is 0 Å². The van der Waals surface area contributed by atoms with Crippen LogP contribution in [0.15, 0.2) is 12.1 Å². The molecule has 1 heterocycles. The van der Waals surface area contributed by atoms with Crippen LogP contribution in [0.2, 0.25) is 0 Å². The molecule has 1 unspecified atom stereocenters. The molecule has 1 N–H and O–H groups in total. The second kappa shape index (κ2) is 5.82. The average molecular weight is 269 g/mol. The van der Waals surface area contributed by atoms with Crippen molar-refractivity contribution in [1.29, 1.82) is 0 Å². The van der Waals surface area contributed by atoms with Crippen LogP contribution < -0.4 is 5.32 Å². The summed E-state index contributed by atoms with van der Waals surface area (Å²) in [6, 6.07) is 1.58. The predicted molar refractivity (Wildman–Crippen MR) is 61.1 cm³/mol. The Morgan fingerprint density at radius 3 is 2.35 bits per heavy atom. The van der Waals surface area contributed by atoms with Crippen LogP contribution in [0.3, 0.4) is 0 Å². The molecule has 1 atom stereocenters. The molecule has 0 aromatic carbocycles. The summed E-state index contributed by atoms with van der Waals surface area (Å²) in [7, 11) is 0. The van der Waals surface area contributed by atoms with E-state index in [1.165, 1.54) is 6.07 Å². The molecule has 0 bridgehead atoms. The molecule has 1 nitrogen and oxygen atoms in total. The van der Waals surface area contributed by atoms with Crippen molar-refractivity contribution in [2.24, 2.45) is 0 Å². The standard InChI is InChI=1S/C11H15F4NS/c1-3-7-5-6-8(17-7)9(16-4-2)11(14,15)10(12)13/h5-6,9-10,16H,3-4H2,1-2H3. The number of nitrogens with one attached hydrogen (secondary N) is 1. The molecular weight excluding hydrogens is 254 g/mol. The van der Waals surface area contributed by atoms with Crippen LogP contribution in [0.1, 0.15) is 29.6 Å². The Balaban J connectivity index is 3.00. The molecule has 0 aliphatic carbocycles. The molecular formula is C11H15F4NS. The molecule has 0 saturated heterocycles. The van der Waals surface area contributed by atoms with Crippen molar-refractivity contribution >= 4 is 11.3 Å². The van der Waals surface area contributed by atoms with Crippen LogP contribution in [0.25, 0.3) is 0 Å². The number of halogens is 4. The lowest BCUT2D eigenvalue weighted by Crippen LogP contribution is -2.42. The lowest BCUT2D eigenvalue weighted by Gasteiger charge is -2.25. The second-order valence-corrected chi connectivity index (χ2v) is 4.82. The van der Waals surface area contributed by atoms with E-state index in [2.05, 4.69) is 5.32 Å². The average Bonchev–Trinajstić information content (AvgIpc) is 2.73. The third-order valence-electron chi connectivity index (χ3n) is 2.40. The van der Waals surface area contributed by atoms with Gasteiger partial charge in [0.15, 0.2) is 0 Å². The zero-order chi connectivity index (χ0) is 13.1. The highest BCUT2D eigenvalue weighted by Gasteiger charge is 2.49. The summed E-state index contributed by atoms with van der Waals surface area (Å²) < 4.78 is 51.5. The molecule has 0 aliphatic heterocycles. The SMILES string of the molecule is CCNC(c1ccc(CC)s1)C(F)(F)C(F)F. The third kappa shape index (κ3) is 3.19. The maximum atomic E-state index is 13.4. The van der Waals surface area contributed by atoms with E-state index in [1.807, 2.05) is 6.92 Å². The Bertz CT molecular complexity index is 351. The van der Waals surface area contributed by atoms with E-state index in [0.29, 0.717) is 6.42 Å². The molecule has 0 radical (unpaired) electrons. The van der Waals surface area contributed by atoms with Crippen molar-refractivity contribution in [2.75, 3.05) is 6.54 Å². The monoisotopic (exact) mass is 269 g/mol.